The van der Waals surface area contributed by atoms with Crippen LogP contribution < -0.4 is 15.4 Å². The van der Waals surface area contributed by atoms with Crippen LogP contribution in [0.15, 0.2) is 21.3 Å². The Morgan fingerprint density at radius 2 is 1.96 bits per heavy atom. The fourth-order valence-corrected chi connectivity index (χ4v) is 5.24. The molecule has 8 nitrogen and oxygen atoms in total. The number of hydrogen-bond donors (Lipinski definition) is 3. The minimum absolute atomic E-state index is 0. The second-order valence-electron chi connectivity index (χ2n) is 6.72. The second kappa shape index (κ2) is 11.9. The van der Waals surface area contributed by atoms with Crippen LogP contribution in [0.25, 0.3) is 0 Å². The van der Waals surface area contributed by atoms with Crippen molar-refractivity contribution in [1.82, 2.24) is 20.3 Å². The van der Waals surface area contributed by atoms with E-state index in [0.29, 0.717) is 23.4 Å². The molecule has 0 unspecified atom stereocenters. The molecule has 0 radical (unpaired) electrons. The van der Waals surface area contributed by atoms with Crippen LogP contribution in [0.4, 0.5) is 0 Å². The largest absolute Gasteiger partial charge is 0.379 e. The van der Waals surface area contributed by atoms with Crippen molar-refractivity contribution in [2.24, 2.45) is 4.99 Å². The first kappa shape index (κ1) is 25.9. The Kier molecular flexibility index (Phi) is 11.0. The lowest BCUT2D eigenvalue weighted by Gasteiger charge is -2.41. The van der Waals surface area contributed by atoms with Gasteiger partial charge in [0, 0.05) is 45.3 Å². The molecule has 12 heteroatoms. The molecule has 1 aromatic heterocycles. The Bertz CT molecular complexity index is 736. The molecular formula is C16H29ClIN5O3S2. The van der Waals surface area contributed by atoms with Gasteiger partial charge in [0.25, 0.3) is 0 Å². The van der Waals surface area contributed by atoms with Crippen LogP contribution in [-0.2, 0) is 14.8 Å². The van der Waals surface area contributed by atoms with E-state index in [9.17, 15) is 8.42 Å². The lowest BCUT2D eigenvalue weighted by Crippen LogP contribution is -2.56. The number of hydrogen-bond acceptors (Lipinski definition) is 6. The fourth-order valence-electron chi connectivity index (χ4n) is 2.68. The third kappa shape index (κ3) is 7.92. The maximum absolute atomic E-state index is 12.1. The molecule has 1 fully saturated rings. The summed E-state index contributed by atoms with van der Waals surface area (Å²) in [5.74, 6) is 0.634. The normalized spacial score (nSPS) is 16.5. The van der Waals surface area contributed by atoms with Gasteiger partial charge in [-0.3, -0.25) is 9.89 Å². The van der Waals surface area contributed by atoms with Crippen molar-refractivity contribution in [3.05, 3.63) is 16.5 Å². The molecule has 3 N–H and O–H groups in total. The number of aliphatic imine (C=N–C) groups is 1. The first-order valence-corrected chi connectivity index (χ1v) is 11.4. The zero-order chi connectivity index (χ0) is 19.9. The summed E-state index contributed by atoms with van der Waals surface area (Å²) >= 11 is 6.83. The number of thiophene rings is 1. The van der Waals surface area contributed by atoms with E-state index in [1.54, 1.807) is 13.1 Å². The number of rotatable bonds is 8. The van der Waals surface area contributed by atoms with Crippen LogP contribution in [-0.4, -0.2) is 77.8 Å². The second-order valence-corrected chi connectivity index (χ2v) is 10.4. The van der Waals surface area contributed by atoms with Crippen molar-refractivity contribution < 1.29 is 13.2 Å². The summed E-state index contributed by atoms with van der Waals surface area (Å²) in [6.07, 6.45) is 0. The number of ether oxygens (including phenoxy) is 1. The highest BCUT2D eigenvalue weighted by Crippen LogP contribution is 2.25. The van der Waals surface area contributed by atoms with Crippen molar-refractivity contribution in [3.8, 4) is 0 Å². The highest BCUT2D eigenvalue weighted by Gasteiger charge is 2.28. The smallest absolute Gasteiger partial charge is 0.250 e. The molecule has 1 saturated heterocycles. The molecule has 1 aromatic rings. The highest BCUT2D eigenvalue weighted by atomic mass is 127. The number of halogens is 2. The van der Waals surface area contributed by atoms with Gasteiger partial charge in [-0.15, -0.1) is 35.3 Å². The summed E-state index contributed by atoms with van der Waals surface area (Å²) in [5.41, 5.74) is -0.0402. The lowest BCUT2D eigenvalue weighted by atomic mass is 10.0. The van der Waals surface area contributed by atoms with Crippen molar-refractivity contribution in [2.75, 3.05) is 53.0 Å². The molecule has 0 atom stereocenters. The van der Waals surface area contributed by atoms with E-state index in [4.69, 9.17) is 16.3 Å². The summed E-state index contributed by atoms with van der Waals surface area (Å²) in [5, 5.41) is 6.42. The number of nitrogens with zero attached hydrogens (tertiary/aromatic N) is 2. The van der Waals surface area contributed by atoms with Gasteiger partial charge in [0.1, 0.15) is 4.21 Å². The average molecular weight is 566 g/mol. The Hall–Kier alpha value is -0.180. The summed E-state index contributed by atoms with van der Waals surface area (Å²) in [7, 11) is -1.84. The SMILES string of the molecule is CN=C(NCCNS(=O)(=O)c1ccc(Cl)s1)NCC(C)(C)N1CCOCC1.I. The number of guanidine groups is 1. The predicted molar refractivity (Wildman–Crippen MR) is 126 cm³/mol. The molecule has 0 amide bonds. The van der Waals surface area contributed by atoms with E-state index >= 15 is 0 Å². The van der Waals surface area contributed by atoms with Gasteiger partial charge in [-0.05, 0) is 26.0 Å². The zero-order valence-electron chi connectivity index (χ0n) is 16.3. The van der Waals surface area contributed by atoms with E-state index < -0.39 is 10.0 Å². The Morgan fingerprint density at radius 3 is 2.54 bits per heavy atom. The van der Waals surface area contributed by atoms with Crippen LogP contribution in [0.5, 0.6) is 0 Å². The van der Waals surface area contributed by atoms with Crippen LogP contribution in [0, 0.1) is 0 Å². The molecule has 1 aliphatic rings. The van der Waals surface area contributed by atoms with Gasteiger partial charge in [0.05, 0.1) is 17.6 Å². The minimum atomic E-state index is -3.53. The van der Waals surface area contributed by atoms with Crippen LogP contribution >= 0.6 is 46.9 Å². The van der Waals surface area contributed by atoms with Gasteiger partial charge < -0.3 is 15.4 Å². The summed E-state index contributed by atoms with van der Waals surface area (Å²) in [6.45, 7) is 9.06. The van der Waals surface area contributed by atoms with Gasteiger partial charge >= 0.3 is 0 Å². The standard InChI is InChI=1S/C16H28ClN5O3S2.HI/c1-16(2,22-8-10-25-11-9-22)12-20-15(18-3)19-6-7-21-27(23,24)14-5-4-13(17)26-14;/h4-5,21H,6-12H2,1-3H3,(H2,18,19,20);1H. The topological polar surface area (TPSA) is 95.1 Å². The molecule has 1 aliphatic heterocycles. The maximum Gasteiger partial charge on any atom is 0.250 e. The van der Waals surface area contributed by atoms with Crippen LogP contribution in [0.1, 0.15) is 13.8 Å². The number of morpholine rings is 1. The van der Waals surface area contributed by atoms with Crippen molar-refractivity contribution in [2.45, 2.75) is 23.6 Å². The van der Waals surface area contributed by atoms with Gasteiger partial charge in [-0.1, -0.05) is 11.6 Å². The molecule has 2 rings (SSSR count). The average Bonchev–Trinajstić information content (AvgIpc) is 3.09. The Labute approximate surface area is 193 Å². The minimum Gasteiger partial charge on any atom is -0.379 e. The van der Waals surface area contributed by atoms with E-state index in [-0.39, 0.29) is 40.3 Å². The Balaban J connectivity index is 0.00000392. The quantitative estimate of drug-likeness (QED) is 0.192. The highest BCUT2D eigenvalue weighted by molar-refractivity contribution is 14.0. The third-order valence-electron chi connectivity index (χ3n) is 4.30. The van der Waals surface area contributed by atoms with Crippen molar-refractivity contribution in [1.29, 1.82) is 0 Å². The molecule has 0 aromatic carbocycles. The number of nitrogens with one attached hydrogen (secondary N) is 3. The van der Waals surface area contributed by atoms with E-state index in [1.807, 2.05) is 0 Å². The molecule has 28 heavy (non-hydrogen) atoms. The molecule has 0 saturated carbocycles. The monoisotopic (exact) mass is 565 g/mol. The molecule has 2 heterocycles. The van der Waals surface area contributed by atoms with E-state index in [2.05, 4.69) is 39.1 Å². The summed E-state index contributed by atoms with van der Waals surface area (Å²) in [4.78, 5) is 6.58. The third-order valence-corrected chi connectivity index (χ3v) is 7.49. The first-order valence-electron chi connectivity index (χ1n) is 8.77. The lowest BCUT2D eigenvalue weighted by molar-refractivity contribution is -0.00833. The Morgan fingerprint density at radius 1 is 1.29 bits per heavy atom. The van der Waals surface area contributed by atoms with Gasteiger partial charge in [0.15, 0.2) is 5.96 Å². The van der Waals surface area contributed by atoms with Crippen LogP contribution in [0.3, 0.4) is 0 Å². The molecular weight excluding hydrogens is 537 g/mol. The summed E-state index contributed by atoms with van der Waals surface area (Å²) in [6, 6.07) is 3.07. The van der Waals surface area contributed by atoms with Gasteiger partial charge in [-0.25, -0.2) is 13.1 Å². The maximum atomic E-state index is 12.1. The first-order chi connectivity index (χ1) is 12.7. The van der Waals surface area contributed by atoms with Gasteiger partial charge in [-0.2, -0.15) is 0 Å². The van der Waals surface area contributed by atoms with E-state index in [1.165, 1.54) is 6.07 Å². The van der Waals surface area contributed by atoms with Crippen molar-refractivity contribution in [3.63, 3.8) is 0 Å². The van der Waals surface area contributed by atoms with E-state index in [0.717, 1.165) is 37.6 Å². The van der Waals surface area contributed by atoms with Crippen LogP contribution in [0.2, 0.25) is 4.34 Å². The zero-order valence-corrected chi connectivity index (χ0v) is 21.0. The van der Waals surface area contributed by atoms with Gasteiger partial charge in [0.2, 0.25) is 10.0 Å². The molecule has 0 aliphatic carbocycles. The predicted octanol–water partition coefficient (Wildman–Crippen LogP) is 1.57. The molecule has 0 spiro atoms. The number of sulfonamides is 1. The molecule has 0 bridgehead atoms. The fraction of sp³-hybridized carbons (Fsp3) is 0.688. The van der Waals surface area contributed by atoms with Crippen molar-refractivity contribution >= 4 is 62.9 Å². The summed E-state index contributed by atoms with van der Waals surface area (Å²) < 4.78 is 32.9. The molecule has 162 valence electrons.